The van der Waals surface area contributed by atoms with Gasteiger partial charge >= 0.3 is 0 Å². The number of aromatic nitrogens is 2. The molecule has 2 rings (SSSR count). The van der Waals surface area contributed by atoms with Gasteiger partial charge in [0.1, 0.15) is 0 Å². The molecule has 1 saturated heterocycles. The number of aliphatic imine (C=N–C) groups is 1. The van der Waals surface area contributed by atoms with Crippen LogP contribution in [0, 0.1) is 13.8 Å². The molecule has 1 aromatic rings. The molecule has 6 nitrogen and oxygen atoms in total. The fourth-order valence-electron chi connectivity index (χ4n) is 3.35. The zero-order valence-electron chi connectivity index (χ0n) is 16.0. The quantitative estimate of drug-likeness (QED) is 0.617. The summed E-state index contributed by atoms with van der Waals surface area (Å²) in [6.45, 7) is 13.4. The summed E-state index contributed by atoms with van der Waals surface area (Å²) < 4.78 is 1.93. The highest BCUT2D eigenvalue weighted by atomic mass is 15.3. The molecule has 0 spiro atoms. The van der Waals surface area contributed by atoms with E-state index in [2.05, 4.69) is 48.3 Å². The summed E-state index contributed by atoms with van der Waals surface area (Å²) in [7, 11) is 1.98. The predicted molar refractivity (Wildman–Crippen MR) is 100 cm³/mol. The van der Waals surface area contributed by atoms with Crippen LogP contribution in [0.3, 0.4) is 0 Å². The van der Waals surface area contributed by atoms with Gasteiger partial charge in [-0.05, 0) is 47.1 Å². The van der Waals surface area contributed by atoms with Crippen LogP contribution in [0.5, 0.6) is 0 Å². The number of piperidine rings is 1. The van der Waals surface area contributed by atoms with Crippen molar-refractivity contribution < 1.29 is 0 Å². The average molecular weight is 335 g/mol. The molecular weight excluding hydrogens is 300 g/mol. The Labute approximate surface area is 146 Å². The van der Waals surface area contributed by atoms with Gasteiger partial charge in [-0.1, -0.05) is 6.42 Å². The Morgan fingerprint density at radius 1 is 1.29 bits per heavy atom. The maximum Gasteiger partial charge on any atom is 0.191 e. The number of rotatable bonds is 6. The standard InChI is InChI=1S/C18H34N6/c1-6-19-18(20-10-12-24-11-8-7-9-14(24)2)21-13-17-15(3)22-23(5)16(17)4/h14H,6-13H2,1-5H3,(H2,19,20,21). The molecule has 0 bridgehead atoms. The van der Waals surface area contributed by atoms with Gasteiger partial charge in [-0.3, -0.25) is 9.58 Å². The minimum absolute atomic E-state index is 0.668. The zero-order chi connectivity index (χ0) is 17.5. The van der Waals surface area contributed by atoms with E-state index in [0.29, 0.717) is 12.6 Å². The van der Waals surface area contributed by atoms with Crippen LogP contribution in [0.15, 0.2) is 4.99 Å². The molecule has 0 aliphatic carbocycles. The Morgan fingerprint density at radius 2 is 2.08 bits per heavy atom. The summed E-state index contributed by atoms with van der Waals surface area (Å²) in [4.78, 5) is 7.32. The third kappa shape index (κ3) is 4.97. The summed E-state index contributed by atoms with van der Waals surface area (Å²) in [6.07, 6.45) is 4.03. The van der Waals surface area contributed by atoms with Crippen molar-refractivity contribution in [3.63, 3.8) is 0 Å². The van der Waals surface area contributed by atoms with E-state index in [1.807, 2.05) is 11.7 Å². The predicted octanol–water partition coefficient (Wildman–Crippen LogP) is 1.97. The van der Waals surface area contributed by atoms with Crippen molar-refractivity contribution in [3.05, 3.63) is 17.0 Å². The van der Waals surface area contributed by atoms with Crippen LogP contribution in [-0.4, -0.2) is 52.9 Å². The molecule has 0 aromatic carbocycles. The van der Waals surface area contributed by atoms with Crippen LogP contribution >= 0.6 is 0 Å². The van der Waals surface area contributed by atoms with Gasteiger partial charge in [0.05, 0.1) is 12.2 Å². The van der Waals surface area contributed by atoms with E-state index in [4.69, 9.17) is 4.99 Å². The molecule has 1 aliphatic heterocycles. The number of likely N-dealkylation sites (tertiary alicyclic amines) is 1. The second-order valence-corrected chi connectivity index (χ2v) is 6.78. The molecule has 2 heterocycles. The van der Waals surface area contributed by atoms with E-state index in [9.17, 15) is 0 Å². The van der Waals surface area contributed by atoms with Crippen molar-refractivity contribution in [2.45, 2.75) is 59.5 Å². The molecule has 1 aromatic heterocycles. The van der Waals surface area contributed by atoms with Gasteiger partial charge in [0.15, 0.2) is 5.96 Å². The SMILES string of the molecule is CCNC(=NCc1c(C)nn(C)c1C)NCCN1CCCCC1C. The topological polar surface area (TPSA) is 57.5 Å². The maximum absolute atomic E-state index is 4.74. The second-order valence-electron chi connectivity index (χ2n) is 6.78. The minimum Gasteiger partial charge on any atom is -0.357 e. The van der Waals surface area contributed by atoms with Crippen LogP contribution in [0.1, 0.15) is 50.1 Å². The fraction of sp³-hybridized carbons (Fsp3) is 0.778. The lowest BCUT2D eigenvalue weighted by molar-refractivity contribution is 0.163. The van der Waals surface area contributed by atoms with Crippen LogP contribution in [0.2, 0.25) is 0 Å². The Kier molecular flexibility index (Phi) is 7.09. The number of hydrogen-bond acceptors (Lipinski definition) is 3. The largest absolute Gasteiger partial charge is 0.357 e. The van der Waals surface area contributed by atoms with Crippen molar-refractivity contribution in [1.82, 2.24) is 25.3 Å². The fourth-order valence-corrected chi connectivity index (χ4v) is 3.35. The molecule has 0 radical (unpaired) electrons. The highest BCUT2D eigenvalue weighted by Crippen LogP contribution is 2.15. The zero-order valence-corrected chi connectivity index (χ0v) is 16.0. The van der Waals surface area contributed by atoms with E-state index >= 15 is 0 Å². The van der Waals surface area contributed by atoms with Crippen LogP contribution in [0.4, 0.5) is 0 Å². The molecule has 136 valence electrons. The van der Waals surface area contributed by atoms with E-state index < -0.39 is 0 Å². The van der Waals surface area contributed by atoms with Gasteiger partial charge in [-0.15, -0.1) is 0 Å². The summed E-state index contributed by atoms with van der Waals surface area (Å²) in [5.74, 6) is 0.893. The Hall–Kier alpha value is -1.56. The molecule has 1 atom stereocenters. The lowest BCUT2D eigenvalue weighted by Crippen LogP contribution is -2.45. The first-order valence-electron chi connectivity index (χ1n) is 9.28. The van der Waals surface area contributed by atoms with Crippen LogP contribution in [-0.2, 0) is 13.6 Å². The van der Waals surface area contributed by atoms with Crippen molar-refractivity contribution in [1.29, 1.82) is 0 Å². The second kappa shape index (κ2) is 9.06. The molecule has 0 saturated carbocycles. The van der Waals surface area contributed by atoms with Crippen molar-refractivity contribution in [3.8, 4) is 0 Å². The highest BCUT2D eigenvalue weighted by molar-refractivity contribution is 5.79. The molecule has 24 heavy (non-hydrogen) atoms. The maximum atomic E-state index is 4.74. The summed E-state index contributed by atoms with van der Waals surface area (Å²) in [6, 6.07) is 0.709. The van der Waals surface area contributed by atoms with Crippen molar-refractivity contribution in [2.75, 3.05) is 26.2 Å². The molecule has 1 aliphatic rings. The molecular formula is C18H34N6. The van der Waals surface area contributed by atoms with Gasteiger partial charge < -0.3 is 10.6 Å². The van der Waals surface area contributed by atoms with E-state index in [1.54, 1.807) is 0 Å². The third-order valence-electron chi connectivity index (χ3n) is 5.03. The summed E-state index contributed by atoms with van der Waals surface area (Å²) in [5, 5.41) is 11.3. The normalized spacial score (nSPS) is 19.5. The van der Waals surface area contributed by atoms with Crippen molar-refractivity contribution >= 4 is 5.96 Å². The number of nitrogens with zero attached hydrogens (tertiary/aromatic N) is 4. The minimum atomic E-state index is 0.668. The first-order chi connectivity index (χ1) is 11.5. The molecule has 6 heteroatoms. The average Bonchev–Trinajstić information content (AvgIpc) is 2.79. The molecule has 2 N–H and O–H groups in total. The van der Waals surface area contributed by atoms with E-state index in [1.165, 1.54) is 37.1 Å². The molecule has 0 amide bonds. The monoisotopic (exact) mass is 334 g/mol. The lowest BCUT2D eigenvalue weighted by Gasteiger charge is -2.33. The van der Waals surface area contributed by atoms with Crippen LogP contribution < -0.4 is 10.6 Å². The first-order valence-corrected chi connectivity index (χ1v) is 9.28. The van der Waals surface area contributed by atoms with Gasteiger partial charge in [-0.25, -0.2) is 4.99 Å². The number of aryl methyl sites for hydroxylation is 2. The Bertz CT molecular complexity index is 548. The lowest BCUT2D eigenvalue weighted by atomic mass is 10.0. The number of guanidine groups is 1. The summed E-state index contributed by atoms with van der Waals surface area (Å²) in [5.41, 5.74) is 3.48. The van der Waals surface area contributed by atoms with Gasteiger partial charge in [0.2, 0.25) is 0 Å². The smallest absolute Gasteiger partial charge is 0.191 e. The summed E-state index contributed by atoms with van der Waals surface area (Å²) >= 11 is 0. The van der Waals surface area contributed by atoms with Gasteiger partial charge in [-0.2, -0.15) is 5.10 Å². The van der Waals surface area contributed by atoms with Crippen LogP contribution in [0.25, 0.3) is 0 Å². The van der Waals surface area contributed by atoms with Gasteiger partial charge in [0, 0.05) is 44.0 Å². The molecule has 1 fully saturated rings. The van der Waals surface area contributed by atoms with E-state index in [-0.39, 0.29) is 0 Å². The number of hydrogen-bond donors (Lipinski definition) is 2. The first kappa shape index (κ1) is 18.8. The Balaban J connectivity index is 1.88. The highest BCUT2D eigenvalue weighted by Gasteiger charge is 2.17. The van der Waals surface area contributed by atoms with Gasteiger partial charge in [0.25, 0.3) is 0 Å². The number of nitrogens with one attached hydrogen (secondary N) is 2. The Morgan fingerprint density at radius 3 is 2.71 bits per heavy atom. The van der Waals surface area contributed by atoms with E-state index in [0.717, 1.165) is 31.3 Å². The third-order valence-corrected chi connectivity index (χ3v) is 5.03. The van der Waals surface area contributed by atoms with Crippen molar-refractivity contribution in [2.24, 2.45) is 12.0 Å². The molecule has 1 unspecified atom stereocenters.